The van der Waals surface area contributed by atoms with Gasteiger partial charge < -0.3 is 14.2 Å². The molecule has 1 unspecified atom stereocenters. The third-order valence-electron chi connectivity index (χ3n) is 3.01. The molecule has 0 spiro atoms. The van der Waals surface area contributed by atoms with Crippen molar-refractivity contribution >= 4 is 11.6 Å². The quantitative estimate of drug-likeness (QED) is 0.821. The molecule has 1 amide bonds. The average Bonchev–Trinajstić information content (AvgIpc) is 2.98. The summed E-state index contributed by atoms with van der Waals surface area (Å²) in [5.74, 6) is 0.276. The number of hydrogen-bond acceptors (Lipinski definition) is 4. The van der Waals surface area contributed by atoms with Crippen LogP contribution in [-0.2, 0) is 16.2 Å². The smallest absolute Gasteiger partial charge is 0.266 e. The van der Waals surface area contributed by atoms with Gasteiger partial charge in [0, 0.05) is 25.6 Å². The maximum absolute atomic E-state index is 12.1. The zero-order valence-electron chi connectivity index (χ0n) is 10.9. The van der Waals surface area contributed by atoms with Crippen LogP contribution in [0.25, 0.3) is 0 Å². The van der Waals surface area contributed by atoms with Crippen molar-refractivity contribution in [3.8, 4) is 0 Å². The van der Waals surface area contributed by atoms with E-state index in [1.54, 1.807) is 24.5 Å². The molecule has 0 N–H and O–H groups in total. The average molecular weight is 250 g/mol. The third kappa shape index (κ3) is 2.72. The molecule has 0 radical (unpaired) electrons. The van der Waals surface area contributed by atoms with E-state index in [4.69, 9.17) is 9.25 Å². The van der Waals surface area contributed by atoms with Crippen LogP contribution in [0.2, 0.25) is 0 Å². The third-order valence-corrected chi connectivity index (χ3v) is 3.01. The molecule has 1 aromatic rings. The fourth-order valence-electron chi connectivity index (χ4n) is 1.85. The molecular formula is C13H18N2O3. The molecular weight excluding hydrogens is 232 g/mol. The van der Waals surface area contributed by atoms with Crippen LogP contribution in [0, 0.1) is 5.92 Å². The highest BCUT2D eigenvalue weighted by atomic mass is 16.6. The number of hydrogen-bond donors (Lipinski definition) is 0. The Balaban J connectivity index is 1.89. The van der Waals surface area contributed by atoms with Crippen LogP contribution in [0.4, 0.5) is 0 Å². The second-order valence-electron chi connectivity index (χ2n) is 4.86. The van der Waals surface area contributed by atoms with E-state index in [0.717, 1.165) is 11.3 Å². The molecule has 0 saturated carbocycles. The molecule has 1 aliphatic heterocycles. The highest BCUT2D eigenvalue weighted by molar-refractivity contribution is 5.93. The maximum Gasteiger partial charge on any atom is 0.266 e. The number of oxime groups is 1. The topological polar surface area (TPSA) is 55.0 Å². The summed E-state index contributed by atoms with van der Waals surface area (Å²) in [6.45, 7) is 4.61. The zero-order chi connectivity index (χ0) is 13.1. The van der Waals surface area contributed by atoms with E-state index in [0.29, 0.717) is 18.9 Å². The van der Waals surface area contributed by atoms with E-state index < -0.39 is 6.10 Å². The first-order valence-electron chi connectivity index (χ1n) is 6.06. The lowest BCUT2D eigenvalue weighted by Crippen LogP contribution is -2.36. The zero-order valence-corrected chi connectivity index (χ0v) is 10.9. The van der Waals surface area contributed by atoms with Crippen LogP contribution in [0.1, 0.15) is 25.8 Å². The summed E-state index contributed by atoms with van der Waals surface area (Å²) in [5, 5.41) is 3.97. The maximum atomic E-state index is 12.1. The van der Waals surface area contributed by atoms with Gasteiger partial charge in [-0.15, -0.1) is 0 Å². The predicted molar refractivity (Wildman–Crippen MR) is 66.9 cm³/mol. The first-order valence-corrected chi connectivity index (χ1v) is 6.06. The summed E-state index contributed by atoms with van der Waals surface area (Å²) < 4.78 is 4.98. The van der Waals surface area contributed by atoms with Crippen molar-refractivity contribution in [1.82, 2.24) is 4.90 Å². The van der Waals surface area contributed by atoms with Crippen LogP contribution in [-0.4, -0.2) is 29.7 Å². The molecule has 0 aromatic carbocycles. The van der Waals surface area contributed by atoms with Gasteiger partial charge in [-0.1, -0.05) is 19.0 Å². The Morgan fingerprint density at radius 1 is 1.61 bits per heavy atom. The van der Waals surface area contributed by atoms with Crippen molar-refractivity contribution in [2.45, 2.75) is 32.9 Å². The monoisotopic (exact) mass is 250 g/mol. The molecule has 2 heterocycles. The standard InChI is InChI=1S/C13H18N2O3/c1-9(2)11-6-12(18-14-11)13(16)15(3)7-10-4-5-17-8-10/h4-5,8-9,12H,6-7H2,1-3H3. The van der Waals surface area contributed by atoms with Gasteiger partial charge in [-0.05, 0) is 12.0 Å². The number of nitrogens with zero attached hydrogens (tertiary/aromatic N) is 2. The molecule has 0 fully saturated rings. The van der Waals surface area contributed by atoms with Gasteiger partial charge in [0.15, 0.2) is 0 Å². The van der Waals surface area contributed by atoms with Crippen molar-refractivity contribution in [2.24, 2.45) is 11.1 Å². The molecule has 1 atom stereocenters. The minimum Gasteiger partial charge on any atom is -0.472 e. The highest BCUT2D eigenvalue weighted by Crippen LogP contribution is 2.18. The summed E-state index contributed by atoms with van der Waals surface area (Å²) in [7, 11) is 1.76. The Morgan fingerprint density at radius 3 is 2.94 bits per heavy atom. The molecule has 5 nitrogen and oxygen atoms in total. The molecule has 1 aromatic heterocycles. The second kappa shape index (κ2) is 5.25. The van der Waals surface area contributed by atoms with Crippen molar-refractivity contribution < 1.29 is 14.0 Å². The predicted octanol–water partition coefficient (Wildman–Crippen LogP) is 2.04. The minimum absolute atomic E-state index is 0.0457. The molecule has 98 valence electrons. The lowest BCUT2D eigenvalue weighted by molar-refractivity contribution is -0.141. The van der Waals surface area contributed by atoms with E-state index in [9.17, 15) is 4.79 Å². The molecule has 0 aliphatic carbocycles. The van der Waals surface area contributed by atoms with Gasteiger partial charge in [0.05, 0.1) is 18.2 Å². The number of rotatable bonds is 4. The minimum atomic E-state index is -0.473. The lowest BCUT2D eigenvalue weighted by atomic mass is 10.0. The molecule has 2 rings (SSSR count). The van der Waals surface area contributed by atoms with E-state index in [-0.39, 0.29) is 5.91 Å². The van der Waals surface area contributed by atoms with Crippen LogP contribution in [0.3, 0.4) is 0 Å². The van der Waals surface area contributed by atoms with Gasteiger partial charge in [0.2, 0.25) is 6.10 Å². The normalized spacial score (nSPS) is 18.7. The van der Waals surface area contributed by atoms with Crippen LogP contribution >= 0.6 is 0 Å². The molecule has 1 aliphatic rings. The van der Waals surface area contributed by atoms with Gasteiger partial charge in [-0.2, -0.15) is 0 Å². The van der Waals surface area contributed by atoms with Gasteiger partial charge in [0.25, 0.3) is 5.91 Å². The summed E-state index contributed by atoms with van der Waals surface area (Å²) >= 11 is 0. The summed E-state index contributed by atoms with van der Waals surface area (Å²) in [6, 6.07) is 1.84. The van der Waals surface area contributed by atoms with Crippen molar-refractivity contribution in [1.29, 1.82) is 0 Å². The van der Waals surface area contributed by atoms with Gasteiger partial charge in [0.1, 0.15) is 0 Å². The Labute approximate surface area is 106 Å². The van der Waals surface area contributed by atoms with Crippen LogP contribution in [0.5, 0.6) is 0 Å². The van der Waals surface area contributed by atoms with E-state index >= 15 is 0 Å². The Hall–Kier alpha value is -1.78. The highest BCUT2D eigenvalue weighted by Gasteiger charge is 2.31. The van der Waals surface area contributed by atoms with Crippen molar-refractivity contribution in [3.63, 3.8) is 0 Å². The summed E-state index contributed by atoms with van der Waals surface area (Å²) in [4.78, 5) is 19.0. The number of likely N-dealkylation sites (N-methyl/N-ethyl adjacent to an activating group) is 1. The van der Waals surface area contributed by atoms with Crippen molar-refractivity contribution in [2.75, 3.05) is 7.05 Å². The Bertz CT molecular complexity index is 437. The van der Waals surface area contributed by atoms with Crippen LogP contribution in [0.15, 0.2) is 28.2 Å². The van der Waals surface area contributed by atoms with Gasteiger partial charge >= 0.3 is 0 Å². The SMILES string of the molecule is CC(C)C1=NOC(C(=O)N(C)Cc2ccoc2)C1. The van der Waals surface area contributed by atoms with E-state index in [2.05, 4.69) is 5.16 Å². The summed E-state index contributed by atoms with van der Waals surface area (Å²) in [6.07, 6.45) is 3.35. The number of amides is 1. The Morgan fingerprint density at radius 2 is 2.39 bits per heavy atom. The molecule has 5 heteroatoms. The fourth-order valence-corrected chi connectivity index (χ4v) is 1.85. The molecule has 0 saturated heterocycles. The summed E-state index contributed by atoms with van der Waals surface area (Å²) in [5.41, 5.74) is 1.92. The van der Waals surface area contributed by atoms with Gasteiger partial charge in [-0.25, -0.2) is 0 Å². The molecule has 18 heavy (non-hydrogen) atoms. The largest absolute Gasteiger partial charge is 0.472 e. The van der Waals surface area contributed by atoms with Crippen molar-refractivity contribution in [3.05, 3.63) is 24.2 Å². The second-order valence-corrected chi connectivity index (χ2v) is 4.86. The number of carbonyl (C=O) groups excluding carboxylic acids is 1. The first-order chi connectivity index (χ1) is 8.58. The van der Waals surface area contributed by atoms with E-state index in [1.807, 2.05) is 19.9 Å². The Kier molecular flexibility index (Phi) is 3.69. The number of furan rings is 1. The lowest BCUT2D eigenvalue weighted by Gasteiger charge is -2.19. The number of carbonyl (C=O) groups is 1. The fraction of sp³-hybridized carbons (Fsp3) is 0.538. The van der Waals surface area contributed by atoms with Crippen LogP contribution < -0.4 is 0 Å². The first kappa shape index (κ1) is 12.7. The van der Waals surface area contributed by atoms with Gasteiger partial charge in [-0.3, -0.25) is 4.79 Å². The van der Waals surface area contributed by atoms with E-state index in [1.165, 1.54) is 0 Å². The molecule has 0 bridgehead atoms.